The lowest BCUT2D eigenvalue weighted by molar-refractivity contribution is -0.120. The van der Waals surface area contributed by atoms with E-state index in [0.717, 1.165) is 48.4 Å². The van der Waals surface area contributed by atoms with E-state index in [2.05, 4.69) is 15.5 Å². The third-order valence-corrected chi connectivity index (χ3v) is 6.18. The lowest BCUT2D eigenvalue weighted by atomic mass is 9.90. The first-order chi connectivity index (χ1) is 15.6. The van der Waals surface area contributed by atoms with Crippen LogP contribution >= 0.6 is 23.8 Å². The number of rotatable bonds is 5. The summed E-state index contributed by atoms with van der Waals surface area (Å²) in [6.45, 7) is 1.92. The number of para-hydroxylation sites is 1. The van der Waals surface area contributed by atoms with Crippen LogP contribution in [-0.2, 0) is 4.79 Å². The van der Waals surface area contributed by atoms with Crippen LogP contribution in [0.25, 0.3) is 0 Å². The standard InChI is InChI=1S/C26H26ClN3OS/c27-21-15-10-16-22(24(21)30-17-8-3-9-18-30)28-26(32)29-25(31)23(19-11-4-1-5-12-19)20-13-6-2-7-14-20/h1-2,4-7,10-16,23H,3,8-9,17-18H2,(H2,28,29,31,32). The van der Waals surface area contributed by atoms with E-state index in [1.165, 1.54) is 6.42 Å². The predicted octanol–water partition coefficient (Wildman–Crippen LogP) is 5.98. The molecule has 164 valence electrons. The van der Waals surface area contributed by atoms with Crippen LogP contribution in [0.15, 0.2) is 78.9 Å². The van der Waals surface area contributed by atoms with Crippen LogP contribution < -0.4 is 15.5 Å². The van der Waals surface area contributed by atoms with Gasteiger partial charge in [0, 0.05) is 13.1 Å². The van der Waals surface area contributed by atoms with Crippen molar-refractivity contribution >= 4 is 46.2 Å². The summed E-state index contributed by atoms with van der Waals surface area (Å²) >= 11 is 12.1. The first kappa shape index (κ1) is 22.3. The van der Waals surface area contributed by atoms with Gasteiger partial charge < -0.3 is 15.5 Å². The van der Waals surface area contributed by atoms with E-state index in [-0.39, 0.29) is 11.0 Å². The molecule has 32 heavy (non-hydrogen) atoms. The number of nitrogens with zero attached hydrogens (tertiary/aromatic N) is 1. The molecule has 1 aliphatic heterocycles. The Morgan fingerprint density at radius 3 is 2.03 bits per heavy atom. The Morgan fingerprint density at radius 2 is 1.44 bits per heavy atom. The van der Waals surface area contributed by atoms with Gasteiger partial charge in [-0.1, -0.05) is 78.3 Å². The molecule has 0 bridgehead atoms. The number of piperidine rings is 1. The van der Waals surface area contributed by atoms with Gasteiger partial charge in [0.15, 0.2) is 5.11 Å². The maximum Gasteiger partial charge on any atom is 0.238 e. The van der Waals surface area contributed by atoms with Crippen molar-refractivity contribution in [2.75, 3.05) is 23.3 Å². The summed E-state index contributed by atoms with van der Waals surface area (Å²) in [5.41, 5.74) is 3.57. The number of carbonyl (C=O) groups excluding carboxylic acids is 1. The minimum absolute atomic E-state index is 0.179. The minimum atomic E-state index is -0.460. The zero-order chi connectivity index (χ0) is 22.3. The maximum atomic E-state index is 13.3. The van der Waals surface area contributed by atoms with Crippen LogP contribution in [0.4, 0.5) is 11.4 Å². The lowest BCUT2D eigenvalue weighted by Gasteiger charge is -2.31. The summed E-state index contributed by atoms with van der Waals surface area (Å²) in [7, 11) is 0. The molecule has 1 fully saturated rings. The summed E-state index contributed by atoms with van der Waals surface area (Å²) < 4.78 is 0. The molecule has 2 N–H and O–H groups in total. The number of halogens is 1. The summed E-state index contributed by atoms with van der Waals surface area (Å²) in [6.07, 6.45) is 3.52. The van der Waals surface area contributed by atoms with Crippen molar-refractivity contribution < 1.29 is 4.79 Å². The maximum absolute atomic E-state index is 13.3. The van der Waals surface area contributed by atoms with Gasteiger partial charge in [-0.05, 0) is 54.7 Å². The van der Waals surface area contributed by atoms with Crippen LogP contribution in [-0.4, -0.2) is 24.1 Å². The molecular weight excluding hydrogens is 438 g/mol. The van der Waals surface area contributed by atoms with Gasteiger partial charge in [-0.25, -0.2) is 0 Å². The predicted molar refractivity (Wildman–Crippen MR) is 137 cm³/mol. The quantitative estimate of drug-likeness (QED) is 0.457. The molecule has 1 amide bonds. The number of anilines is 2. The van der Waals surface area contributed by atoms with Crippen LogP contribution in [0.1, 0.15) is 36.3 Å². The zero-order valence-corrected chi connectivity index (χ0v) is 19.3. The van der Waals surface area contributed by atoms with Crippen molar-refractivity contribution in [1.29, 1.82) is 0 Å². The topological polar surface area (TPSA) is 44.4 Å². The van der Waals surface area contributed by atoms with Crippen LogP contribution in [0.5, 0.6) is 0 Å². The lowest BCUT2D eigenvalue weighted by Crippen LogP contribution is -2.38. The molecule has 0 radical (unpaired) electrons. The number of amides is 1. The molecule has 4 rings (SSSR count). The Hall–Kier alpha value is -2.89. The van der Waals surface area contributed by atoms with Gasteiger partial charge in [-0.15, -0.1) is 0 Å². The van der Waals surface area contributed by atoms with Gasteiger partial charge in [0.2, 0.25) is 5.91 Å². The Balaban J connectivity index is 1.53. The van der Waals surface area contributed by atoms with E-state index in [1.54, 1.807) is 0 Å². The molecule has 6 heteroatoms. The first-order valence-electron chi connectivity index (χ1n) is 10.9. The van der Waals surface area contributed by atoms with Crippen LogP contribution in [0, 0.1) is 0 Å². The average molecular weight is 464 g/mol. The largest absolute Gasteiger partial charge is 0.369 e. The highest BCUT2D eigenvalue weighted by atomic mass is 35.5. The highest BCUT2D eigenvalue weighted by Gasteiger charge is 2.24. The van der Waals surface area contributed by atoms with Gasteiger partial charge in [-0.3, -0.25) is 4.79 Å². The van der Waals surface area contributed by atoms with E-state index in [0.29, 0.717) is 5.02 Å². The summed E-state index contributed by atoms with van der Waals surface area (Å²) in [5, 5.41) is 7.04. The Bertz CT molecular complexity index is 1030. The Morgan fingerprint density at radius 1 is 0.844 bits per heavy atom. The van der Waals surface area contributed by atoms with Gasteiger partial charge in [0.1, 0.15) is 0 Å². The highest BCUT2D eigenvalue weighted by Crippen LogP contribution is 2.35. The Kier molecular flexibility index (Phi) is 7.40. The van der Waals surface area contributed by atoms with Crippen molar-refractivity contribution in [3.05, 3.63) is 95.0 Å². The number of carbonyl (C=O) groups is 1. The van der Waals surface area contributed by atoms with E-state index in [9.17, 15) is 4.79 Å². The molecule has 0 saturated carbocycles. The molecule has 3 aromatic rings. The fraction of sp³-hybridized carbons (Fsp3) is 0.231. The molecule has 0 atom stereocenters. The van der Waals surface area contributed by atoms with Crippen LogP contribution in [0.2, 0.25) is 5.02 Å². The molecule has 1 heterocycles. The molecule has 0 unspecified atom stereocenters. The molecule has 0 aromatic heterocycles. The van der Waals surface area contributed by atoms with Gasteiger partial charge in [-0.2, -0.15) is 0 Å². The van der Waals surface area contributed by atoms with Crippen molar-refractivity contribution in [1.82, 2.24) is 5.32 Å². The van der Waals surface area contributed by atoms with E-state index >= 15 is 0 Å². The van der Waals surface area contributed by atoms with Crippen molar-refractivity contribution in [3.63, 3.8) is 0 Å². The number of thiocarbonyl (C=S) groups is 1. The van der Waals surface area contributed by atoms with Crippen molar-refractivity contribution in [2.24, 2.45) is 0 Å². The van der Waals surface area contributed by atoms with Gasteiger partial charge in [0.25, 0.3) is 0 Å². The normalized spacial score (nSPS) is 13.6. The van der Waals surface area contributed by atoms with E-state index in [4.69, 9.17) is 23.8 Å². The van der Waals surface area contributed by atoms with Gasteiger partial charge >= 0.3 is 0 Å². The van der Waals surface area contributed by atoms with E-state index in [1.807, 2.05) is 78.9 Å². The van der Waals surface area contributed by atoms with E-state index < -0.39 is 5.92 Å². The Labute approximate surface area is 199 Å². The number of nitrogens with one attached hydrogen (secondary N) is 2. The molecule has 0 aliphatic carbocycles. The molecule has 1 aliphatic rings. The molecule has 4 nitrogen and oxygen atoms in total. The minimum Gasteiger partial charge on any atom is -0.369 e. The molecule has 1 saturated heterocycles. The average Bonchev–Trinajstić information content (AvgIpc) is 2.81. The summed E-state index contributed by atoms with van der Waals surface area (Å²) in [4.78, 5) is 15.6. The third-order valence-electron chi connectivity index (χ3n) is 5.67. The van der Waals surface area contributed by atoms with Crippen molar-refractivity contribution in [2.45, 2.75) is 25.2 Å². The number of benzene rings is 3. The molecular formula is C26H26ClN3OS. The fourth-order valence-electron chi connectivity index (χ4n) is 4.18. The second-order valence-electron chi connectivity index (χ2n) is 7.88. The smallest absolute Gasteiger partial charge is 0.238 e. The number of hydrogen-bond acceptors (Lipinski definition) is 3. The van der Waals surface area contributed by atoms with Crippen LogP contribution in [0.3, 0.4) is 0 Å². The third kappa shape index (κ3) is 5.29. The highest BCUT2D eigenvalue weighted by molar-refractivity contribution is 7.80. The fourth-order valence-corrected chi connectivity index (χ4v) is 4.68. The summed E-state index contributed by atoms with van der Waals surface area (Å²) in [5.74, 6) is -0.639. The van der Waals surface area contributed by atoms with Gasteiger partial charge in [0.05, 0.1) is 22.3 Å². The monoisotopic (exact) mass is 463 g/mol. The second-order valence-corrected chi connectivity index (χ2v) is 8.70. The first-order valence-corrected chi connectivity index (χ1v) is 11.7. The summed E-state index contributed by atoms with van der Waals surface area (Å²) in [6, 6.07) is 25.2. The second kappa shape index (κ2) is 10.6. The molecule has 3 aromatic carbocycles. The molecule has 0 spiro atoms. The zero-order valence-electron chi connectivity index (χ0n) is 17.8. The SMILES string of the molecule is O=C(NC(=S)Nc1cccc(Cl)c1N1CCCCC1)C(c1ccccc1)c1ccccc1. The van der Waals surface area contributed by atoms with Crippen molar-refractivity contribution in [3.8, 4) is 0 Å². The number of hydrogen-bond donors (Lipinski definition) is 2.